The fraction of sp³-hybridized carbons (Fsp3) is 0.500. The van der Waals surface area contributed by atoms with Crippen LogP contribution < -0.4 is 5.32 Å². The van der Waals surface area contributed by atoms with Crippen LogP contribution in [0.3, 0.4) is 0 Å². The fourth-order valence-corrected chi connectivity index (χ4v) is 2.62. The molecule has 20 heavy (non-hydrogen) atoms. The van der Waals surface area contributed by atoms with Crippen LogP contribution in [-0.2, 0) is 9.59 Å². The average Bonchev–Trinajstić information content (AvgIpc) is 3.01. The number of likely N-dealkylation sites (tertiary alicyclic amines) is 1. The lowest BCUT2D eigenvalue weighted by atomic mass is 9.96. The molecule has 0 spiro atoms. The summed E-state index contributed by atoms with van der Waals surface area (Å²) >= 11 is 0. The summed E-state index contributed by atoms with van der Waals surface area (Å²) in [6.07, 6.45) is 2.87. The first-order valence-electron chi connectivity index (χ1n) is 7.32. The number of carbonyl (C=O) groups excluding carboxylic acids is 2. The molecule has 1 aliphatic heterocycles. The summed E-state index contributed by atoms with van der Waals surface area (Å²) in [7, 11) is 0. The van der Waals surface area contributed by atoms with E-state index in [0.29, 0.717) is 0 Å². The van der Waals surface area contributed by atoms with E-state index in [0.717, 1.165) is 37.9 Å². The first-order valence-corrected chi connectivity index (χ1v) is 7.32. The van der Waals surface area contributed by atoms with E-state index in [1.54, 1.807) is 0 Å². The van der Waals surface area contributed by atoms with Gasteiger partial charge in [-0.05, 0) is 24.8 Å². The highest BCUT2D eigenvalue weighted by molar-refractivity contribution is 5.88. The number of hydrogen-bond acceptors (Lipinski definition) is 2. The van der Waals surface area contributed by atoms with Crippen LogP contribution in [0.15, 0.2) is 30.3 Å². The summed E-state index contributed by atoms with van der Waals surface area (Å²) in [6.45, 7) is 3.75. The molecule has 1 aromatic carbocycles. The van der Waals surface area contributed by atoms with Gasteiger partial charge in [0.1, 0.15) is 0 Å². The Morgan fingerprint density at radius 1 is 1.20 bits per heavy atom. The van der Waals surface area contributed by atoms with Crippen LogP contribution in [0, 0.1) is 0 Å². The van der Waals surface area contributed by atoms with Crippen molar-refractivity contribution in [2.24, 2.45) is 0 Å². The van der Waals surface area contributed by atoms with Crippen molar-refractivity contribution in [1.82, 2.24) is 10.2 Å². The standard InChI is InChI=1S/C16H22N2O2/c1-2-14(13-8-4-3-5-9-13)16(20)17-12-15(19)18-10-6-7-11-18/h3-5,8-9,14H,2,6-7,10-12H2,1H3,(H,17,20). The molecule has 1 saturated heterocycles. The lowest BCUT2D eigenvalue weighted by Crippen LogP contribution is -2.40. The molecule has 1 N–H and O–H groups in total. The second kappa shape index (κ2) is 7.08. The predicted molar refractivity (Wildman–Crippen MR) is 78.3 cm³/mol. The molecule has 4 nitrogen and oxygen atoms in total. The van der Waals surface area contributed by atoms with E-state index in [2.05, 4.69) is 5.32 Å². The third-order valence-electron chi connectivity index (χ3n) is 3.80. The van der Waals surface area contributed by atoms with Gasteiger partial charge < -0.3 is 10.2 Å². The predicted octanol–water partition coefficient (Wildman–Crippen LogP) is 1.92. The molecule has 0 saturated carbocycles. The zero-order valence-corrected chi connectivity index (χ0v) is 12.0. The van der Waals surface area contributed by atoms with Crippen LogP contribution in [0.25, 0.3) is 0 Å². The summed E-state index contributed by atoms with van der Waals surface area (Å²) in [4.78, 5) is 25.9. The van der Waals surface area contributed by atoms with E-state index in [4.69, 9.17) is 0 Å². The molecule has 108 valence electrons. The second-order valence-electron chi connectivity index (χ2n) is 5.18. The molecule has 1 unspecified atom stereocenters. The van der Waals surface area contributed by atoms with E-state index < -0.39 is 0 Å². The molecular formula is C16H22N2O2. The van der Waals surface area contributed by atoms with Gasteiger partial charge in [0.2, 0.25) is 11.8 Å². The number of hydrogen-bond donors (Lipinski definition) is 1. The van der Waals surface area contributed by atoms with Crippen molar-refractivity contribution in [3.63, 3.8) is 0 Å². The van der Waals surface area contributed by atoms with Crippen LogP contribution in [-0.4, -0.2) is 36.3 Å². The van der Waals surface area contributed by atoms with Crippen molar-refractivity contribution in [3.05, 3.63) is 35.9 Å². The fourth-order valence-electron chi connectivity index (χ4n) is 2.62. The van der Waals surface area contributed by atoms with E-state index in [-0.39, 0.29) is 24.3 Å². The lowest BCUT2D eigenvalue weighted by Gasteiger charge is -2.18. The third kappa shape index (κ3) is 3.59. The minimum Gasteiger partial charge on any atom is -0.347 e. The zero-order chi connectivity index (χ0) is 14.4. The molecule has 0 aliphatic carbocycles. The smallest absolute Gasteiger partial charge is 0.241 e. The molecule has 1 atom stereocenters. The van der Waals surface area contributed by atoms with Crippen molar-refractivity contribution in [3.8, 4) is 0 Å². The highest BCUT2D eigenvalue weighted by Crippen LogP contribution is 2.19. The topological polar surface area (TPSA) is 49.4 Å². The molecule has 2 amide bonds. The first-order chi connectivity index (χ1) is 9.72. The summed E-state index contributed by atoms with van der Waals surface area (Å²) in [5.74, 6) is -0.215. The second-order valence-corrected chi connectivity index (χ2v) is 5.18. The van der Waals surface area contributed by atoms with Crippen molar-refractivity contribution in [2.45, 2.75) is 32.1 Å². The van der Waals surface area contributed by atoms with E-state index in [9.17, 15) is 9.59 Å². The van der Waals surface area contributed by atoms with Crippen molar-refractivity contribution >= 4 is 11.8 Å². The minimum atomic E-state index is -0.178. The number of nitrogens with zero attached hydrogens (tertiary/aromatic N) is 1. The van der Waals surface area contributed by atoms with Gasteiger partial charge in [-0.25, -0.2) is 0 Å². The van der Waals surface area contributed by atoms with E-state index in [1.165, 1.54) is 0 Å². The van der Waals surface area contributed by atoms with Gasteiger partial charge in [-0.3, -0.25) is 9.59 Å². The van der Waals surface area contributed by atoms with Crippen molar-refractivity contribution in [1.29, 1.82) is 0 Å². The molecule has 0 radical (unpaired) electrons. The molecule has 2 rings (SSSR count). The van der Waals surface area contributed by atoms with E-state index >= 15 is 0 Å². The van der Waals surface area contributed by atoms with Crippen LogP contribution >= 0.6 is 0 Å². The normalized spacial score (nSPS) is 15.9. The quantitative estimate of drug-likeness (QED) is 0.891. The van der Waals surface area contributed by atoms with Crippen LogP contribution in [0.5, 0.6) is 0 Å². The number of carbonyl (C=O) groups is 2. The number of rotatable bonds is 5. The monoisotopic (exact) mass is 274 g/mol. The Kier molecular flexibility index (Phi) is 5.16. The maximum absolute atomic E-state index is 12.2. The van der Waals surface area contributed by atoms with E-state index in [1.807, 2.05) is 42.2 Å². The van der Waals surface area contributed by atoms with Gasteiger partial charge in [0, 0.05) is 13.1 Å². The highest BCUT2D eigenvalue weighted by Gasteiger charge is 2.21. The number of nitrogens with one attached hydrogen (secondary N) is 1. The Balaban J connectivity index is 1.88. The van der Waals surface area contributed by atoms with Gasteiger partial charge in [-0.2, -0.15) is 0 Å². The minimum absolute atomic E-state index is 0.0266. The highest BCUT2D eigenvalue weighted by atomic mass is 16.2. The summed E-state index contributed by atoms with van der Waals surface area (Å²) in [5, 5.41) is 2.78. The number of benzene rings is 1. The maximum atomic E-state index is 12.2. The summed E-state index contributed by atoms with van der Waals surface area (Å²) in [5.41, 5.74) is 1.00. The Morgan fingerprint density at radius 2 is 1.85 bits per heavy atom. The third-order valence-corrected chi connectivity index (χ3v) is 3.80. The first kappa shape index (κ1) is 14.6. The molecule has 1 fully saturated rings. The summed E-state index contributed by atoms with van der Waals surface area (Å²) in [6, 6.07) is 9.71. The van der Waals surface area contributed by atoms with Crippen LogP contribution in [0.1, 0.15) is 37.7 Å². The van der Waals surface area contributed by atoms with Gasteiger partial charge in [-0.15, -0.1) is 0 Å². The van der Waals surface area contributed by atoms with Crippen molar-refractivity contribution in [2.75, 3.05) is 19.6 Å². The zero-order valence-electron chi connectivity index (χ0n) is 12.0. The van der Waals surface area contributed by atoms with Gasteiger partial charge in [0.05, 0.1) is 12.5 Å². The Labute approximate surface area is 120 Å². The van der Waals surface area contributed by atoms with Gasteiger partial charge >= 0.3 is 0 Å². The van der Waals surface area contributed by atoms with Crippen LogP contribution in [0.2, 0.25) is 0 Å². The Morgan fingerprint density at radius 3 is 2.45 bits per heavy atom. The molecular weight excluding hydrogens is 252 g/mol. The molecule has 1 heterocycles. The van der Waals surface area contributed by atoms with Gasteiger partial charge in [0.15, 0.2) is 0 Å². The largest absolute Gasteiger partial charge is 0.347 e. The molecule has 1 aromatic rings. The molecule has 4 heteroatoms. The average molecular weight is 274 g/mol. The Bertz CT molecular complexity index is 453. The van der Waals surface area contributed by atoms with Gasteiger partial charge in [0.25, 0.3) is 0 Å². The molecule has 1 aliphatic rings. The maximum Gasteiger partial charge on any atom is 0.241 e. The molecule has 0 bridgehead atoms. The lowest BCUT2D eigenvalue weighted by molar-refractivity contribution is -0.132. The van der Waals surface area contributed by atoms with Crippen LogP contribution in [0.4, 0.5) is 0 Å². The molecule has 0 aromatic heterocycles. The summed E-state index contributed by atoms with van der Waals surface area (Å²) < 4.78 is 0. The van der Waals surface area contributed by atoms with Gasteiger partial charge in [-0.1, -0.05) is 37.3 Å². The SMILES string of the molecule is CCC(C(=O)NCC(=O)N1CCCC1)c1ccccc1. The Hall–Kier alpha value is -1.84. The van der Waals surface area contributed by atoms with Crippen molar-refractivity contribution < 1.29 is 9.59 Å². The number of amides is 2.